The molecule has 3 aromatic rings. The van der Waals surface area contributed by atoms with Crippen LogP contribution < -0.4 is 5.32 Å². The van der Waals surface area contributed by atoms with Crippen LogP contribution in [0.2, 0.25) is 0 Å². The molecule has 5 heteroatoms. The number of hydrogen-bond acceptors (Lipinski definition) is 3. The number of aromatic nitrogens is 2. The van der Waals surface area contributed by atoms with Crippen LogP contribution in [-0.2, 0) is 11.2 Å². The summed E-state index contributed by atoms with van der Waals surface area (Å²) >= 11 is 1.55. The van der Waals surface area contributed by atoms with Crippen LogP contribution in [0.15, 0.2) is 72.0 Å². The van der Waals surface area contributed by atoms with Gasteiger partial charge in [0.1, 0.15) is 0 Å². The van der Waals surface area contributed by atoms with Crippen molar-refractivity contribution in [2.75, 3.05) is 6.54 Å². The zero-order valence-electron chi connectivity index (χ0n) is 16.0. The maximum atomic E-state index is 12.5. The van der Waals surface area contributed by atoms with Gasteiger partial charge in [-0.3, -0.25) is 4.79 Å². The lowest BCUT2D eigenvalue weighted by atomic mass is 10.1. The van der Waals surface area contributed by atoms with Gasteiger partial charge in [-0.2, -0.15) is 0 Å². The van der Waals surface area contributed by atoms with Crippen molar-refractivity contribution >= 4 is 17.7 Å². The highest BCUT2D eigenvalue weighted by Gasteiger charge is 2.30. The lowest BCUT2D eigenvalue weighted by Crippen LogP contribution is -2.32. The van der Waals surface area contributed by atoms with Gasteiger partial charge in [-0.25, -0.2) is 4.98 Å². The van der Waals surface area contributed by atoms with E-state index in [0.717, 1.165) is 17.3 Å². The second-order valence-corrected chi connectivity index (χ2v) is 8.49. The van der Waals surface area contributed by atoms with Crippen molar-refractivity contribution in [1.29, 1.82) is 0 Å². The van der Waals surface area contributed by atoms with Crippen molar-refractivity contribution in [2.45, 2.75) is 42.6 Å². The summed E-state index contributed by atoms with van der Waals surface area (Å²) in [7, 11) is 0. The van der Waals surface area contributed by atoms with E-state index >= 15 is 0 Å². The van der Waals surface area contributed by atoms with Gasteiger partial charge in [-0.15, -0.1) is 0 Å². The quantitative estimate of drug-likeness (QED) is 0.565. The fourth-order valence-electron chi connectivity index (χ4n) is 3.27. The summed E-state index contributed by atoms with van der Waals surface area (Å²) < 4.78 is 2.31. The number of carbonyl (C=O) groups excluding carboxylic acids is 1. The Morgan fingerprint density at radius 3 is 2.50 bits per heavy atom. The molecule has 2 aromatic carbocycles. The van der Waals surface area contributed by atoms with E-state index in [0.29, 0.717) is 12.6 Å². The highest BCUT2D eigenvalue weighted by Crippen LogP contribution is 2.42. The van der Waals surface area contributed by atoms with Crippen molar-refractivity contribution in [3.05, 3.63) is 72.4 Å². The number of nitrogens with zero attached hydrogens (tertiary/aromatic N) is 2. The Kier molecular flexibility index (Phi) is 5.81. The number of thioether (sulfide) groups is 1. The molecule has 144 valence electrons. The molecule has 1 fully saturated rings. The molecule has 1 aliphatic rings. The Hall–Kier alpha value is -2.53. The van der Waals surface area contributed by atoms with Gasteiger partial charge in [-0.1, -0.05) is 72.4 Å². The Labute approximate surface area is 170 Å². The fraction of sp³-hybridized carbons (Fsp3) is 0.304. The Morgan fingerprint density at radius 2 is 1.82 bits per heavy atom. The number of carbonyl (C=O) groups is 1. The van der Waals surface area contributed by atoms with Crippen LogP contribution in [0.4, 0.5) is 0 Å². The van der Waals surface area contributed by atoms with Crippen LogP contribution in [0.5, 0.6) is 0 Å². The standard InChI is InChI=1S/C23H25N3OS/c1-17(22(27)24-15-14-18-8-4-2-5-9-18)28-23-25-16-21(26(23)20-12-13-20)19-10-6-3-7-11-19/h2-11,16-17,20H,12-15H2,1H3,(H,24,27). The van der Waals surface area contributed by atoms with E-state index in [9.17, 15) is 4.79 Å². The minimum Gasteiger partial charge on any atom is -0.355 e. The van der Waals surface area contributed by atoms with E-state index in [1.165, 1.54) is 24.0 Å². The van der Waals surface area contributed by atoms with Crippen LogP contribution in [-0.4, -0.2) is 27.3 Å². The first kappa shape index (κ1) is 18.8. The second kappa shape index (κ2) is 8.65. The molecule has 4 rings (SSSR count). The third-order valence-electron chi connectivity index (χ3n) is 4.95. The summed E-state index contributed by atoms with van der Waals surface area (Å²) in [4.78, 5) is 17.2. The van der Waals surface area contributed by atoms with E-state index in [2.05, 4.69) is 51.3 Å². The lowest BCUT2D eigenvalue weighted by molar-refractivity contribution is -0.120. The van der Waals surface area contributed by atoms with Crippen LogP contribution in [0.25, 0.3) is 11.3 Å². The zero-order valence-corrected chi connectivity index (χ0v) is 16.9. The number of amides is 1. The molecule has 1 amide bonds. The second-order valence-electron chi connectivity index (χ2n) is 7.18. The molecular formula is C23H25N3OS. The smallest absolute Gasteiger partial charge is 0.233 e. The number of imidazole rings is 1. The molecule has 0 spiro atoms. The SMILES string of the molecule is CC(Sc1ncc(-c2ccccc2)n1C1CC1)C(=O)NCCc1ccccc1. The molecule has 1 N–H and O–H groups in total. The molecule has 1 aromatic heterocycles. The van der Waals surface area contributed by atoms with Crippen LogP contribution >= 0.6 is 11.8 Å². The maximum Gasteiger partial charge on any atom is 0.233 e. The summed E-state index contributed by atoms with van der Waals surface area (Å²) in [6.07, 6.45) is 5.15. The van der Waals surface area contributed by atoms with E-state index in [4.69, 9.17) is 0 Å². The number of hydrogen-bond donors (Lipinski definition) is 1. The molecule has 1 saturated carbocycles. The Balaban J connectivity index is 1.39. The first-order valence-corrected chi connectivity index (χ1v) is 10.7. The van der Waals surface area contributed by atoms with Gasteiger partial charge in [-0.05, 0) is 37.3 Å². The molecule has 1 atom stereocenters. The minimum absolute atomic E-state index is 0.0625. The van der Waals surface area contributed by atoms with Crippen molar-refractivity contribution in [3.8, 4) is 11.3 Å². The summed E-state index contributed by atoms with van der Waals surface area (Å²) in [5.74, 6) is 0.0625. The first-order valence-electron chi connectivity index (χ1n) is 9.83. The molecule has 0 aliphatic heterocycles. The van der Waals surface area contributed by atoms with Gasteiger partial charge in [0, 0.05) is 12.6 Å². The van der Waals surface area contributed by atoms with Gasteiger partial charge >= 0.3 is 0 Å². The molecule has 1 aliphatic carbocycles. The molecule has 28 heavy (non-hydrogen) atoms. The fourth-order valence-corrected chi connectivity index (χ4v) is 4.25. The summed E-state index contributed by atoms with van der Waals surface area (Å²) in [5, 5.41) is 3.81. The van der Waals surface area contributed by atoms with Gasteiger partial charge in [0.25, 0.3) is 0 Å². The molecule has 0 radical (unpaired) electrons. The number of benzene rings is 2. The van der Waals surface area contributed by atoms with Crippen LogP contribution in [0, 0.1) is 0 Å². The maximum absolute atomic E-state index is 12.5. The van der Waals surface area contributed by atoms with E-state index in [1.54, 1.807) is 11.8 Å². The van der Waals surface area contributed by atoms with Crippen LogP contribution in [0.3, 0.4) is 0 Å². The highest BCUT2D eigenvalue weighted by atomic mass is 32.2. The van der Waals surface area contributed by atoms with Crippen LogP contribution in [0.1, 0.15) is 31.4 Å². The summed E-state index contributed by atoms with van der Waals surface area (Å²) in [6, 6.07) is 21.1. The van der Waals surface area contributed by atoms with Crippen molar-refractivity contribution in [3.63, 3.8) is 0 Å². The summed E-state index contributed by atoms with van der Waals surface area (Å²) in [5.41, 5.74) is 3.55. The summed E-state index contributed by atoms with van der Waals surface area (Å²) in [6.45, 7) is 2.61. The van der Waals surface area contributed by atoms with Gasteiger partial charge in [0.15, 0.2) is 5.16 Å². The van der Waals surface area contributed by atoms with Gasteiger partial charge in [0.05, 0.1) is 17.1 Å². The predicted octanol–water partition coefficient (Wildman–Crippen LogP) is 4.72. The third-order valence-corrected chi connectivity index (χ3v) is 6.03. The van der Waals surface area contributed by atoms with Crippen molar-refractivity contribution in [2.24, 2.45) is 0 Å². The molecule has 0 saturated heterocycles. The largest absolute Gasteiger partial charge is 0.355 e. The molecule has 0 bridgehead atoms. The Bertz CT molecular complexity index is 920. The van der Waals surface area contributed by atoms with Gasteiger partial charge < -0.3 is 9.88 Å². The molecule has 1 heterocycles. The third kappa shape index (κ3) is 4.47. The first-order chi connectivity index (χ1) is 13.7. The van der Waals surface area contributed by atoms with E-state index in [-0.39, 0.29) is 11.2 Å². The van der Waals surface area contributed by atoms with Crippen molar-refractivity contribution < 1.29 is 4.79 Å². The normalized spacial score (nSPS) is 14.6. The molecular weight excluding hydrogens is 366 g/mol. The minimum atomic E-state index is -0.181. The predicted molar refractivity (Wildman–Crippen MR) is 114 cm³/mol. The van der Waals surface area contributed by atoms with E-state index < -0.39 is 0 Å². The lowest BCUT2D eigenvalue weighted by Gasteiger charge is -2.14. The average Bonchev–Trinajstić information content (AvgIpc) is 3.49. The number of nitrogens with one attached hydrogen (secondary N) is 1. The monoisotopic (exact) mass is 391 g/mol. The molecule has 1 unspecified atom stereocenters. The topological polar surface area (TPSA) is 46.9 Å². The average molecular weight is 392 g/mol. The van der Waals surface area contributed by atoms with E-state index in [1.807, 2.05) is 37.4 Å². The number of rotatable bonds is 8. The highest BCUT2D eigenvalue weighted by molar-refractivity contribution is 8.00. The van der Waals surface area contributed by atoms with Crippen molar-refractivity contribution in [1.82, 2.24) is 14.9 Å². The Morgan fingerprint density at radius 1 is 1.14 bits per heavy atom. The van der Waals surface area contributed by atoms with Gasteiger partial charge in [0.2, 0.25) is 5.91 Å². The zero-order chi connectivity index (χ0) is 19.3. The molecule has 4 nitrogen and oxygen atoms in total.